The molecule has 0 saturated carbocycles. The highest BCUT2D eigenvalue weighted by molar-refractivity contribution is 7.17. The lowest BCUT2D eigenvalue weighted by atomic mass is 10.1. The van der Waals surface area contributed by atoms with Gasteiger partial charge in [0.1, 0.15) is 5.82 Å². The zero-order valence-electron chi connectivity index (χ0n) is 12.2. The Bertz CT molecular complexity index is 626. The third-order valence-corrected chi connectivity index (χ3v) is 5.05. The summed E-state index contributed by atoms with van der Waals surface area (Å²) in [6.45, 7) is 3.38. The maximum atomic E-state index is 5.93. The van der Waals surface area contributed by atoms with Gasteiger partial charge in [0.05, 0.1) is 0 Å². The minimum Gasteiger partial charge on any atom is -0.383 e. The fourth-order valence-electron chi connectivity index (χ4n) is 2.76. The second kappa shape index (κ2) is 6.56. The number of pyridine rings is 1. The van der Waals surface area contributed by atoms with Gasteiger partial charge in [0, 0.05) is 34.4 Å². The summed E-state index contributed by atoms with van der Waals surface area (Å²) in [5.74, 6) is 0.619. The Kier molecular flexibility index (Phi) is 4.53. The fourth-order valence-corrected chi connectivity index (χ4v) is 3.66. The molecule has 0 bridgehead atoms. The van der Waals surface area contributed by atoms with Crippen molar-refractivity contribution in [3.05, 3.63) is 29.3 Å². The third kappa shape index (κ3) is 3.43. The molecule has 112 valence electrons. The van der Waals surface area contributed by atoms with Gasteiger partial charge in [-0.05, 0) is 43.8 Å². The highest BCUT2D eigenvalue weighted by Gasteiger charge is 2.14. The first-order valence-corrected chi connectivity index (χ1v) is 8.38. The van der Waals surface area contributed by atoms with Crippen LogP contribution in [0.3, 0.4) is 0 Å². The molecule has 3 heterocycles. The molecule has 0 spiro atoms. The summed E-state index contributed by atoms with van der Waals surface area (Å²) in [6.07, 6.45) is 9.59. The number of nitrogens with two attached hydrogens (primary N) is 2. The number of hydrogen-bond acceptors (Lipinski definition) is 5. The van der Waals surface area contributed by atoms with E-state index in [2.05, 4.69) is 27.4 Å². The van der Waals surface area contributed by atoms with Crippen molar-refractivity contribution in [2.45, 2.75) is 25.3 Å². The van der Waals surface area contributed by atoms with E-state index in [4.69, 9.17) is 11.5 Å². The lowest BCUT2D eigenvalue weighted by molar-refractivity contribution is 0.217. The van der Waals surface area contributed by atoms with Crippen molar-refractivity contribution in [3.63, 3.8) is 0 Å². The zero-order chi connectivity index (χ0) is 14.7. The number of hydrogen-bond donors (Lipinski definition) is 2. The van der Waals surface area contributed by atoms with Crippen molar-refractivity contribution >= 4 is 33.3 Å². The van der Waals surface area contributed by atoms with Gasteiger partial charge in [0.2, 0.25) is 0 Å². The number of aromatic nitrogens is 1. The van der Waals surface area contributed by atoms with E-state index in [-0.39, 0.29) is 0 Å². The molecular weight excluding hydrogens is 280 g/mol. The monoisotopic (exact) mass is 302 g/mol. The Balaban J connectivity index is 1.58. The minimum atomic E-state index is 0.407. The molecule has 0 unspecified atom stereocenters. The second-order valence-corrected chi connectivity index (χ2v) is 6.55. The molecule has 1 aliphatic heterocycles. The van der Waals surface area contributed by atoms with Gasteiger partial charge in [-0.3, -0.25) is 0 Å². The summed E-state index contributed by atoms with van der Waals surface area (Å²) >= 11 is 1.72. The SMILES string of the molecule is Nc1ncc(/C=C/CCN2CCC(N)CC2)c2sccc12. The smallest absolute Gasteiger partial charge is 0.132 e. The van der Waals surface area contributed by atoms with Crippen molar-refractivity contribution in [2.75, 3.05) is 25.4 Å². The van der Waals surface area contributed by atoms with E-state index in [0.717, 1.165) is 49.8 Å². The van der Waals surface area contributed by atoms with Gasteiger partial charge in [0.15, 0.2) is 0 Å². The second-order valence-electron chi connectivity index (χ2n) is 5.63. The fraction of sp³-hybridized carbons (Fsp3) is 0.438. The van der Waals surface area contributed by atoms with Crippen LogP contribution in [0.1, 0.15) is 24.8 Å². The molecule has 0 aromatic carbocycles. The number of thiophene rings is 1. The Morgan fingerprint density at radius 3 is 3.00 bits per heavy atom. The molecule has 1 saturated heterocycles. The van der Waals surface area contributed by atoms with E-state index in [0.29, 0.717) is 11.9 Å². The van der Waals surface area contributed by atoms with Crippen LogP contribution in [0.2, 0.25) is 0 Å². The van der Waals surface area contributed by atoms with Crippen molar-refractivity contribution in [2.24, 2.45) is 5.73 Å². The van der Waals surface area contributed by atoms with Gasteiger partial charge in [-0.15, -0.1) is 11.3 Å². The summed E-state index contributed by atoms with van der Waals surface area (Å²) in [5.41, 5.74) is 13.0. The number of piperidine rings is 1. The van der Waals surface area contributed by atoms with Gasteiger partial charge in [-0.1, -0.05) is 12.2 Å². The molecule has 0 amide bonds. The number of nitrogen functional groups attached to an aromatic ring is 1. The molecule has 2 aromatic rings. The topological polar surface area (TPSA) is 68.2 Å². The number of fused-ring (bicyclic) bond motifs is 1. The van der Waals surface area contributed by atoms with Crippen molar-refractivity contribution in [3.8, 4) is 0 Å². The van der Waals surface area contributed by atoms with Crippen LogP contribution >= 0.6 is 11.3 Å². The van der Waals surface area contributed by atoms with Crippen LogP contribution in [0.15, 0.2) is 23.7 Å². The Morgan fingerprint density at radius 2 is 2.19 bits per heavy atom. The number of nitrogens with zero attached hydrogens (tertiary/aromatic N) is 2. The van der Waals surface area contributed by atoms with Crippen LogP contribution in [-0.2, 0) is 0 Å². The van der Waals surface area contributed by atoms with Crippen molar-refractivity contribution in [1.29, 1.82) is 0 Å². The molecule has 1 fully saturated rings. The Morgan fingerprint density at radius 1 is 1.38 bits per heavy atom. The lowest BCUT2D eigenvalue weighted by Gasteiger charge is -2.29. The molecule has 0 aliphatic carbocycles. The predicted octanol–water partition coefficient (Wildman–Crippen LogP) is 2.70. The van der Waals surface area contributed by atoms with Crippen LogP contribution in [0.5, 0.6) is 0 Å². The molecule has 4 N–H and O–H groups in total. The molecule has 2 aromatic heterocycles. The highest BCUT2D eigenvalue weighted by atomic mass is 32.1. The largest absolute Gasteiger partial charge is 0.383 e. The summed E-state index contributed by atoms with van der Waals surface area (Å²) in [4.78, 5) is 6.76. The molecule has 3 rings (SSSR count). The van der Waals surface area contributed by atoms with Gasteiger partial charge >= 0.3 is 0 Å². The Hall–Kier alpha value is -1.43. The van der Waals surface area contributed by atoms with E-state index in [1.165, 1.54) is 4.70 Å². The van der Waals surface area contributed by atoms with Crippen molar-refractivity contribution in [1.82, 2.24) is 9.88 Å². The van der Waals surface area contributed by atoms with Crippen LogP contribution in [0, 0.1) is 0 Å². The average molecular weight is 302 g/mol. The van der Waals surface area contributed by atoms with Gasteiger partial charge in [-0.25, -0.2) is 4.98 Å². The average Bonchev–Trinajstić information content (AvgIpc) is 2.98. The minimum absolute atomic E-state index is 0.407. The van der Waals surface area contributed by atoms with Crippen molar-refractivity contribution < 1.29 is 0 Å². The van der Waals surface area contributed by atoms with E-state index in [1.54, 1.807) is 11.3 Å². The molecule has 0 atom stereocenters. The quantitative estimate of drug-likeness (QED) is 0.911. The van der Waals surface area contributed by atoms with Gasteiger partial charge < -0.3 is 16.4 Å². The zero-order valence-corrected chi connectivity index (χ0v) is 13.0. The molecular formula is C16H22N4S. The normalized spacial score (nSPS) is 18.0. The highest BCUT2D eigenvalue weighted by Crippen LogP contribution is 2.28. The van der Waals surface area contributed by atoms with Gasteiger partial charge in [-0.2, -0.15) is 0 Å². The molecule has 5 heteroatoms. The summed E-state index contributed by atoms with van der Waals surface area (Å²) < 4.78 is 1.22. The number of anilines is 1. The number of rotatable bonds is 4. The van der Waals surface area contributed by atoms with Crippen LogP contribution in [0.25, 0.3) is 16.2 Å². The molecule has 0 radical (unpaired) electrons. The number of likely N-dealkylation sites (tertiary alicyclic amines) is 1. The van der Waals surface area contributed by atoms with E-state index in [1.807, 2.05) is 12.3 Å². The summed E-state index contributed by atoms with van der Waals surface area (Å²) in [6, 6.07) is 2.45. The van der Waals surface area contributed by atoms with Crippen LogP contribution < -0.4 is 11.5 Å². The molecule has 1 aliphatic rings. The van der Waals surface area contributed by atoms with E-state index >= 15 is 0 Å². The molecule has 21 heavy (non-hydrogen) atoms. The first-order valence-electron chi connectivity index (χ1n) is 7.50. The van der Waals surface area contributed by atoms with E-state index in [9.17, 15) is 0 Å². The third-order valence-electron chi connectivity index (χ3n) is 4.09. The first kappa shape index (κ1) is 14.5. The van der Waals surface area contributed by atoms with Crippen LogP contribution in [0.4, 0.5) is 5.82 Å². The predicted molar refractivity (Wildman–Crippen MR) is 91.3 cm³/mol. The first-order chi connectivity index (χ1) is 10.2. The van der Waals surface area contributed by atoms with Crippen LogP contribution in [-0.4, -0.2) is 35.6 Å². The Labute approximate surface area is 129 Å². The maximum absolute atomic E-state index is 5.93. The summed E-state index contributed by atoms with van der Waals surface area (Å²) in [7, 11) is 0. The lowest BCUT2D eigenvalue weighted by Crippen LogP contribution is -2.39. The standard InChI is InChI=1S/C16H22N4S/c17-13-4-8-20(9-5-13)7-2-1-3-12-11-19-16(18)14-6-10-21-15(12)14/h1,3,6,10-11,13H,2,4-5,7-9,17H2,(H2,18,19)/b3-1+. The molecule has 4 nitrogen and oxygen atoms in total. The summed E-state index contributed by atoms with van der Waals surface area (Å²) in [5, 5.41) is 3.13. The maximum Gasteiger partial charge on any atom is 0.132 e. The van der Waals surface area contributed by atoms with Gasteiger partial charge in [0.25, 0.3) is 0 Å². The van der Waals surface area contributed by atoms with E-state index < -0.39 is 0 Å².